The fraction of sp³-hybridized carbons (Fsp3) is 0.500. The highest BCUT2D eigenvalue weighted by molar-refractivity contribution is 7.89. The molecule has 0 radical (unpaired) electrons. The summed E-state index contributed by atoms with van der Waals surface area (Å²) >= 11 is 0. The topological polar surface area (TPSA) is 95.6 Å². The van der Waals surface area contributed by atoms with Gasteiger partial charge in [0.25, 0.3) is 0 Å². The smallest absolute Gasteiger partial charge is 0.243 e. The minimum atomic E-state index is -3.60. The van der Waals surface area contributed by atoms with Gasteiger partial charge in [0.05, 0.1) is 9.79 Å². The van der Waals surface area contributed by atoms with Crippen molar-refractivity contribution in [2.75, 3.05) is 26.7 Å². The van der Waals surface area contributed by atoms with Crippen molar-refractivity contribution in [1.82, 2.24) is 14.3 Å². The zero-order chi connectivity index (χ0) is 15.7. The monoisotopic (exact) mass is 369 g/mol. The summed E-state index contributed by atoms with van der Waals surface area (Å²) in [6, 6.07) is 5.12. The quantitative estimate of drug-likeness (QED) is 0.778. The third-order valence-electron chi connectivity index (χ3n) is 3.45. The summed E-state index contributed by atoms with van der Waals surface area (Å²) in [5.41, 5.74) is 0. The van der Waals surface area contributed by atoms with E-state index in [2.05, 4.69) is 10.0 Å². The molecule has 1 atom stereocenters. The molecule has 10 heteroatoms. The maximum atomic E-state index is 12.6. The molecule has 1 aliphatic heterocycles. The molecule has 0 bridgehead atoms. The van der Waals surface area contributed by atoms with E-state index in [1.165, 1.54) is 35.6 Å². The first-order chi connectivity index (χ1) is 9.79. The number of sulfonamides is 2. The van der Waals surface area contributed by atoms with E-state index in [0.717, 1.165) is 0 Å². The standard InChI is InChI=1S/C12H19N3O4S2.ClH/c1-10-9-14-7-8-15(10)21(18,19)12-5-3-11(4-6-12)20(16,17)13-2;/h3-6,10,13-14H,7-9H2,1-2H3;1H. The molecule has 2 N–H and O–H groups in total. The van der Waals surface area contributed by atoms with Crippen LogP contribution in [0.3, 0.4) is 0 Å². The van der Waals surface area contributed by atoms with Gasteiger partial charge in [-0.25, -0.2) is 21.6 Å². The Bertz CT molecular complexity index is 704. The molecule has 0 amide bonds. The van der Waals surface area contributed by atoms with Crippen LogP contribution >= 0.6 is 12.4 Å². The van der Waals surface area contributed by atoms with Crippen LogP contribution in [0.15, 0.2) is 34.1 Å². The molecule has 1 unspecified atom stereocenters. The van der Waals surface area contributed by atoms with Gasteiger partial charge in [-0.05, 0) is 38.2 Å². The maximum Gasteiger partial charge on any atom is 0.243 e. The van der Waals surface area contributed by atoms with Gasteiger partial charge >= 0.3 is 0 Å². The average molecular weight is 370 g/mol. The lowest BCUT2D eigenvalue weighted by molar-refractivity contribution is 0.284. The summed E-state index contributed by atoms with van der Waals surface area (Å²) in [4.78, 5) is 0.142. The van der Waals surface area contributed by atoms with Crippen molar-refractivity contribution in [2.24, 2.45) is 0 Å². The second-order valence-corrected chi connectivity index (χ2v) is 8.62. The molecule has 0 aromatic heterocycles. The summed E-state index contributed by atoms with van der Waals surface area (Å²) in [5.74, 6) is 0. The van der Waals surface area contributed by atoms with Crippen molar-refractivity contribution in [3.8, 4) is 0 Å². The summed E-state index contributed by atoms with van der Waals surface area (Å²) in [5, 5.41) is 3.13. The number of benzene rings is 1. The third-order valence-corrected chi connectivity index (χ3v) is 6.91. The Hall–Kier alpha value is -0.710. The van der Waals surface area contributed by atoms with Gasteiger partial charge in [0.15, 0.2) is 0 Å². The summed E-state index contributed by atoms with van der Waals surface area (Å²) in [6.45, 7) is 3.45. The van der Waals surface area contributed by atoms with E-state index in [4.69, 9.17) is 0 Å². The third kappa shape index (κ3) is 3.79. The Morgan fingerprint density at radius 1 is 1.14 bits per heavy atom. The van der Waals surface area contributed by atoms with E-state index in [-0.39, 0.29) is 28.2 Å². The van der Waals surface area contributed by atoms with E-state index < -0.39 is 20.0 Å². The predicted molar refractivity (Wildman–Crippen MR) is 86.2 cm³/mol. The summed E-state index contributed by atoms with van der Waals surface area (Å²) in [7, 11) is -5.86. The molecule has 1 fully saturated rings. The minimum absolute atomic E-state index is 0. The van der Waals surface area contributed by atoms with Gasteiger partial charge < -0.3 is 5.32 Å². The van der Waals surface area contributed by atoms with Crippen LogP contribution < -0.4 is 10.0 Å². The molecule has 22 heavy (non-hydrogen) atoms. The molecule has 0 saturated carbocycles. The zero-order valence-corrected chi connectivity index (χ0v) is 14.8. The van der Waals surface area contributed by atoms with Gasteiger partial charge in [0, 0.05) is 25.7 Å². The van der Waals surface area contributed by atoms with Crippen molar-refractivity contribution in [2.45, 2.75) is 22.8 Å². The first kappa shape index (κ1) is 19.3. The van der Waals surface area contributed by atoms with Crippen LogP contribution in [0.25, 0.3) is 0 Å². The van der Waals surface area contributed by atoms with Crippen LogP contribution in [0.4, 0.5) is 0 Å². The highest BCUT2D eigenvalue weighted by Gasteiger charge is 2.31. The van der Waals surface area contributed by atoms with E-state index in [1.54, 1.807) is 0 Å². The van der Waals surface area contributed by atoms with Crippen molar-refractivity contribution < 1.29 is 16.8 Å². The molecule has 1 saturated heterocycles. The van der Waals surface area contributed by atoms with E-state index in [1.807, 2.05) is 6.92 Å². The van der Waals surface area contributed by atoms with Crippen LogP contribution in [-0.4, -0.2) is 53.9 Å². The van der Waals surface area contributed by atoms with Gasteiger partial charge in [-0.1, -0.05) is 0 Å². The second kappa shape index (κ2) is 7.24. The number of hydrogen-bond acceptors (Lipinski definition) is 5. The fourth-order valence-corrected chi connectivity index (χ4v) is 4.58. The van der Waals surface area contributed by atoms with Crippen LogP contribution in [-0.2, 0) is 20.0 Å². The maximum absolute atomic E-state index is 12.6. The molecule has 126 valence electrons. The summed E-state index contributed by atoms with van der Waals surface area (Å²) in [6.07, 6.45) is 0. The molecule has 7 nitrogen and oxygen atoms in total. The highest BCUT2D eigenvalue weighted by Crippen LogP contribution is 2.21. The van der Waals surface area contributed by atoms with Crippen LogP contribution in [0.5, 0.6) is 0 Å². The number of nitrogens with zero attached hydrogens (tertiary/aromatic N) is 1. The van der Waals surface area contributed by atoms with Crippen molar-refractivity contribution in [3.05, 3.63) is 24.3 Å². The largest absolute Gasteiger partial charge is 0.314 e. The Balaban J connectivity index is 0.00000242. The Kier molecular flexibility index (Phi) is 6.36. The van der Waals surface area contributed by atoms with Gasteiger partial charge in [0.2, 0.25) is 20.0 Å². The number of rotatable bonds is 4. The first-order valence-corrected chi connectivity index (χ1v) is 9.47. The molecule has 0 spiro atoms. The second-order valence-electron chi connectivity index (χ2n) is 4.85. The molecule has 1 heterocycles. The Labute approximate surface area is 137 Å². The number of piperazine rings is 1. The zero-order valence-electron chi connectivity index (χ0n) is 12.3. The van der Waals surface area contributed by atoms with Gasteiger partial charge in [-0.3, -0.25) is 0 Å². The number of hydrogen-bond donors (Lipinski definition) is 2. The molecule has 2 rings (SSSR count). The normalized spacial score (nSPS) is 20.4. The van der Waals surface area contributed by atoms with Crippen LogP contribution in [0.1, 0.15) is 6.92 Å². The Morgan fingerprint density at radius 2 is 1.68 bits per heavy atom. The van der Waals surface area contributed by atoms with E-state index in [0.29, 0.717) is 19.6 Å². The van der Waals surface area contributed by atoms with Crippen molar-refractivity contribution in [3.63, 3.8) is 0 Å². The van der Waals surface area contributed by atoms with Crippen molar-refractivity contribution >= 4 is 32.5 Å². The lowest BCUT2D eigenvalue weighted by Gasteiger charge is -2.32. The molecule has 1 aromatic carbocycles. The minimum Gasteiger partial charge on any atom is -0.314 e. The average Bonchev–Trinajstić information content (AvgIpc) is 2.47. The number of halogens is 1. The van der Waals surface area contributed by atoms with Crippen LogP contribution in [0, 0.1) is 0 Å². The lowest BCUT2D eigenvalue weighted by Crippen LogP contribution is -2.52. The number of nitrogens with one attached hydrogen (secondary N) is 2. The van der Waals surface area contributed by atoms with Crippen molar-refractivity contribution in [1.29, 1.82) is 0 Å². The molecule has 1 aromatic rings. The molecule has 0 aliphatic carbocycles. The predicted octanol–water partition coefficient (Wildman–Crippen LogP) is -0.00110. The van der Waals surface area contributed by atoms with E-state index in [9.17, 15) is 16.8 Å². The summed E-state index contributed by atoms with van der Waals surface area (Å²) < 4.78 is 52.0. The molecular formula is C12H20ClN3O4S2. The SMILES string of the molecule is CNS(=O)(=O)c1ccc(S(=O)(=O)N2CCNCC2C)cc1.Cl. The molecular weight excluding hydrogens is 350 g/mol. The highest BCUT2D eigenvalue weighted by atomic mass is 35.5. The molecule has 1 aliphatic rings. The fourth-order valence-electron chi connectivity index (χ4n) is 2.22. The van der Waals surface area contributed by atoms with Gasteiger partial charge in [-0.2, -0.15) is 4.31 Å². The Morgan fingerprint density at radius 3 is 2.18 bits per heavy atom. The van der Waals surface area contributed by atoms with Gasteiger partial charge in [0.1, 0.15) is 0 Å². The van der Waals surface area contributed by atoms with Crippen LogP contribution in [0.2, 0.25) is 0 Å². The van der Waals surface area contributed by atoms with E-state index >= 15 is 0 Å². The first-order valence-electron chi connectivity index (χ1n) is 6.55. The lowest BCUT2D eigenvalue weighted by atomic mass is 10.3. The van der Waals surface area contributed by atoms with Gasteiger partial charge in [-0.15, -0.1) is 12.4 Å².